The van der Waals surface area contributed by atoms with Gasteiger partial charge in [-0.25, -0.2) is 14.3 Å². The number of ether oxygens (including phenoxy) is 1. The van der Waals surface area contributed by atoms with Crippen molar-refractivity contribution in [3.63, 3.8) is 0 Å². The van der Waals surface area contributed by atoms with Crippen molar-refractivity contribution in [3.05, 3.63) is 47.8 Å². The Morgan fingerprint density at radius 1 is 1.08 bits per heavy atom. The molecule has 10 nitrogen and oxygen atoms in total. The Morgan fingerprint density at radius 3 is 2.44 bits per heavy atom. The number of likely N-dealkylation sites (tertiary alicyclic amines) is 1. The second-order valence-electron chi connectivity index (χ2n) is 8.60. The first-order chi connectivity index (χ1) is 17.2. The molecule has 0 radical (unpaired) electrons. The van der Waals surface area contributed by atoms with E-state index in [0.717, 1.165) is 76.5 Å². The summed E-state index contributed by atoms with van der Waals surface area (Å²) in [4.78, 5) is 25.6. The normalized spacial score (nSPS) is 17.6. The lowest BCUT2D eigenvalue weighted by atomic mass is 10.1. The number of nitrogens with zero attached hydrogens (tertiary/aromatic N) is 5. The monoisotopic (exact) mass is 512 g/mol. The molecule has 0 unspecified atom stereocenters. The highest BCUT2D eigenvalue weighted by Crippen LogP contribution is 2.22. The summed E-state index contributed by atoms with van der Waals surface area (Å²) in [5.74, 6) is -2.76. The lowest BCUT2D eigenvalue weighted by molar-refractivity contribution is -0.192. The zero-order valence-electron chi connectivity index (χ0n) is 19.9. The Labute approximate surface area is 207 Å². The van der Waals surface area contributed by atoms with E-state index >= 15 is 0 Å². The number of halogens is 3. The lowest BCUT2D eigenvalue weighted by Crippen LogP contribution is -2.44. The van der Waals surface area contributed by atoms with E-state index in [4.69, 9.17) is 14.6 Å². The molecule has 13 heteroatoms. The maximum Gasteiger partial charge on any atom is 0.490 e. The molecule has 1 aromatic carbocycles. The number of amides is 2. The van der Waals surface area contributed by atoms with Crippen LogP contribution in [0.25, 0.3) is 0 Å². The van der Waals surface area contributed by atoms with Crippen LogP contribution in [-0.2, 0) is 22.6 Å². The maximum atomic E-state index is 12.4. The van der Waals surface area contributed by atoms with Crippen LogP contribution < -0.4 is 5.32 Å². The van der Waals surface area contributed by atoms with Gasteiger partial charge in [0.15, 0.2) is 0 Å². The first-order valence-electron chi connectivity index (χ1n) is 11.8. The maximum absolute atomic E-state index is 12.4. The van der Waals surface area contributed by atoms with E-state index in [-0.39, 0.29) is 6.03 Å². The molecule has 2 saturated heterocycles. The number of hydrogen-bond acceptors (Lipinski definition) is 6. The van der Waals surface area contributed by atoms with Gasteiger partial charge in [0.1, 0.15) is 0 Å². The van der Waals surface area contributed by atoms with Crippen molar-refractivity contribution in [2.24, 2.45) is 0 Å². The largest absolute Gasteiger partial charge is 0.490 e. The first kappa shape index (κ1) is 27.4. The molecule has 4 rings (SSSR count). The third-order valence-corrected chi connectivity index (χ3v) is 5.91. The fraction of sp³-hybridized carbons (Fsp3) is 0.565. The van der Waals surface area contributed by atoms with E-state index in [2.05, 4.69) is 26.7 Å². The number of urea groups is 1. The molecule has 1 aromatic heterocycles. The number of carbonyl (C=O) groups is 2. The fourth-order valence-electron chi connectivity index (χ4n) is 3.97. The fourth-order valence-corrected chi connectivity index (χ4v) is 3.97. The van der Waals surface area contributed by atoms with Crippen molar-refractivity contribution in [1.29, 1.82) is 0 Å². The predicted octanol–water partition coefficient (Wildman–Crippen LogP) is 2.68. The molecule has 0 aliphatic carbocycles. The van der Waals surface area contributed by atoms with Crippen LogP contribution in [0.5, 0.6) is 0 Å². The zero-order chi connectivity index (χ0) is 26.0. The molecule has 0 atom stereocenters. The molecule has 2 aromatic rings. The second kappa shape index (κ2) is 13.2. The van der Waals surface area contributed by atoms with Gasteiger partial charge in [-0.2, -0.15) is 13.2 Å². The summed E-state index contributed by atoms with van der Waals surface area (Å²) in [5, 5.41) is 18.9. The molecular formula is C23H31F3N6O4. The van der Waals surface area contributed by atoms with E-state index in [1.807, 2.05) is 39.9 Å². The lowest BCUT2D eigenvalue weighted by Gasteiger charge is -2.31. The highest BCUT2D eigenvalue weighted by Gasteiger charge is 2.38. The van der Waals surface area contributed by atoms with Crippen molar-refractivity contribution < 1.29 is 32.6 Å². The van der Waals surface area contributed by atoms with Crippen molar-refractivity contribution in [1.82, 2.24) is 30.1 Å². The Morgan fingerprint density at radius 2 is 1.78 bits per heavy atom. The molecule has 2 aliphatic rings. The summed E-state index contributed by atoms with van der Waals surface area (Å²) >= 11 is 0. The van der Waals surface area contributed by atoms with Crippen molar-refractivity contribution in [3.8, 4) is 0 Å². The predicted molar refractivity (Wildman–Crippen MR) is 123 cm³/mol. The van der Waals surface area contributed by atoms with Gasteiger partial charge in [-0.3, -0.25) is 4.90 Å². The molecule has 0 bridgehead atoms. The topological polar surface area (TPSA) is 113 Å². The standard InChI is InChI=1S/C21H30N6O2.C2HF3O2/c28-21(22-15-18-5-2-1-3-6-18)26-10-7-20(8-11-26)27-17-19(23-24-27)16-25-9-4-13-29-14-12-25;3-2(4,5)1(6)7/h1-3,5-6,17,20H,4,7-16H2,(H,22,28);(H,6,7). The van der Waals surface area contributed by atoms with E-state index in [0.29, 0.717) is 12.6 Å². The molecule has 2 aliphatic heterocycles. The molecule has 36 heavy (non-hydrogen) atoms. The number of piperidine rings is 1. The molecule has 198 valence electrons. The number of benzene rings is 1. The molecule has 3 heterocycles. The number of aromatic nitrogens is 3. The number of aliphatic carboxylic acids is 1. The Hall–Kier alpha value is -3.19. The average Bonchev–Trinajstić information content (AvgIpc) is 3.18. The molecule has 2 N–H and O–H groups in total. The summed E-state index contributed by atoms with van der Waals surface area (Å²) in [6.45, 7) is 6.50. The number of carbonyl (C=O) groups excluding carboxylic acids is 1. The van der Waals surface area contributed by atoms with Crippen LogP contribution in [0.3, 0.4) is 0 Å². The minimum Gasteiger partial charge on any atom is -0.475 e. The van der Waals surface area contributed by atoms with E-state index in [1.165, 1.54) is 0 Å². The van der Waals surface area contributed by atoms with Crippen LogP contribution in [-0.4, -0.2) is 87.5 Å². The zero-order valence-corrected chi connectivity index (χ0v) is 19.9. The van der Waals surface area contributed by atoms with Crippen molar-refractivity contribution >= 4 is 12.0 Å². The van der Waals surface area contributed by atoms with E-state index in [9.17, 15) is 18.0 Å². The van der Waals surface area contributed by atoms with Gasteiger partial charge in [-0.1, -0.05) is 35.5 Å². The van der Waals surface area contributed by atoms with Gasteiger partial charge >= 0.3 is 18.2 Å². The van der Waals surface area contributed by atoms with E-state index in [1.54, 1.807) is 0 Å². The third kappa shape index (κ3) is 8.79. The number of nitrogens with one attached hydrogen (secondary N) is 1. The number of alkyl halides is 3. The number of carboxylic acid groups (broad SMARTS) is 1. The minimum absolute atomic E-state index is 0.00923. The first-order valence-corrected chi connectivity index (χ1v) is 11.8. The van der Waals surface area contributed by atoms with Crippen LogP contribution in [0.1, 0.15) is 36.6 Å². The molecule has 2 fully saturated rings. The second-order valence-corrected chi connectivity index (χ2v) is 8.60. The summed E-state index contributed by atoms with van der Waals surface area (Å²) in [6, 6.07) is 10.3. The third-order valence-electron chi connectivity index (χ3n) is 5.91. The van der Waals surface area contributed by atoms with Gasteiger partial charge in [0.25, 0.3) is 0 Å². The quantitative estimate of drug-likeness (QED) is 0.634. The van der Waals surface area contributed by atoms with Gasteiger partial charge in [-0.05, 0) is 24.8 Å². The Balaban J connectivity index is 0.000000454. The Kier molecular flexibility index (Phi) is 10.1. The summed E-state index contributed by atoms with van der Waals surface area (Å²) < 4.78 is 39.2. The molecule has 0 saturated carbocycles. The highest BCUT2D eigenvalue weighted by molar-refractivity contribution is 5.74. The van der Waals surface area contributed by atoms with Crippen LogP contribution in [0.4, 0.5) is 18.0 Å². The minimum atomic E-state index is -5.08. The number of rotatable bonds is 5. The van der Waals surface area contributed by atoms with Crippen LogP contribution >= 0.6 is 0 Å². The number of hydrogen-bond donors (Lipinski definition) is 2. The molecule has 2 amide bonds. The molecule has 0 spiro atoms. The van der Waals surface area contributed by atoms with Crippen molar-refractivity contribution in [2.45, 2.75) is 44.6 Å². The van der Waals surface area contributed by atoms with E-state index < -0.39 is 12.1 Å². The van der Waals surface area contributed by atoms with Gasteiger partial charge < -0.3 is 20.1 Å². The van der Waals surface area contributed by atoms with Crippen LogP contribution in [0, 0.1) is 0 Å². The molecular weight excluding hydrogens is 481 g/mol. The van der Waals surface area contributed by atoms with Gasteiger partial charge in [0.2, 0.25) is 0 Å². The SMILES string of the molecule is O=C(NCc1ccccc1)N1CCC(n2cc(CN3CCCOCC3)nn2)CC1.O=C(O)C(F)(F)F. The summed E-state index contributed by atoms with van der Waals surface area (Å²) in [7, 11) is 0. The van der Waals surface area contributed by atoms with Gasteiger partial charge in [0, 0.05) is 45.9 Å². The average molecular weight is 513 g/mol. The van der Waals surface area contributed by atoms with Crippen LogP contribution in [0.2, 0.25) is 0 Å². The summed E-state index contributed by atoms with van der Waals surface area (Å²) in [6.07, 6.45) is -0.140. The smallest absolute Gasteiger partial charge is 0.475 e. The van der Waals surface area contributed by atoms with Gasteiger partial charge in [-0.15, -0.1) is 5.10 Å². The van der Waals surface area contributed by atoms with Gasteiger partial charge in [0.05, 0.1) is 24.5 Å². The van der Waals surface area contributed by atoms with Crippen LogP contribution in [0.15, 0.2) is 36.5 Å². The highest BCUT2D eigenvalue weighted by atomic mass is 19.4. The Bertz CT molecular complexity index is 956. The van der Waals surface area contributed by atoms with Crippen molar-refractivity contribution in [2.75, 3.05) is 39.4 Å². The summed E-state index contributed by atoms with van der Waals surface area (Å²) in [5.41, 5.74) is 2.12. The number of carboxylic acids is 1.